The number of hydrogen-bond donors (Lipinski definition) is 3. The molecule has 0 amide bonds. The number of aliphatic hydroxyl groups excluding tert-OH is 1. The predicted molar refractivity (Wildman–Crippen MR) is 124 cm³/mol. The minimum atomic E-state index is -4.47. The van der Waals surface area contributed by atoms with E-state index in [1.54, 1.807) is 7.05 Å². The lowest BCUT2D eigenvalue weighted by Crippen LogP contribution is -2.30. The summed E-state index contributed by atoms with van der Waals surface area (Å²) in [5.74, 6) is 0. The molecular formula is C24H24F3N5O2. The second-order valence-electron chi connectivity index (χ2n) is 8.29. The Balaban J connectivity index is 1.92. The van der Waals surface area contributed by atoms with Crippen molar-refractivity contribution in [2.45, 2.75) is 44.0 Å². The number of hydrogen-bond acceptors (Lipinski definition) is 6. The molecule has 2 unspecified atom stereocenters. The van der Waals surface area contributed by atoms with Crippen LogP contribution in [0.4, 0.5) is 13.2 Å². The molecule has 1 saturated carbocycles. The van der Waals surface area contributed by atoms with Gasteiger partial charge in [0.25, 0.3) is 5.56 Å². The van der Waals surface area contributed by atoms with E-state index in [-0.39, 0.29) is 22.7 Å². The number of aliphatic hydroxyl groups is 1. The molecule has 1 aromatic carbocycles. The molecule has 1 aliphatic carbocycles. The fraction of sp³-hybridized carbons (Fsp3) is 0.333. The van der Waals surface area contributed by atoms with Gasteiger partial charge >= 0.3 is 6.18 Å². The summed E-state index contributed by atoms with van der Waals surface area (Å²) < 4.78 is 40.5. The van der Waals surface area contributed by atoms with Crippen molar-refractivity contribution >= 4 is 22.7 Å². The Hall–Kier alpha value is -3.53. The van der Waals surface area contributed by atoms with Crippen molar-refractivity contribution < 1.29 is 18.3 Å². The lowest BCUT2D eigenvalue weighted by Gasteiger charge is -2.27. The summed E-state index contributed by atoms with van der Waals surface area (Å²) in [4.78, 5) is 22.5. The fourth-order valence-corrected chi connectivity index (χ4v) is 4.31. The molecule has 0 radical (unpaired) electrons. The standard InChI is InChI=1S/C24H24F3N5O2/c1-29-12-15(11-28)21-22-19(23(34)32(13-30-22)17-3-2-4-18(33)9-17)10-20(31-21)14-5-7-16(8-6-14)24(25,26)27/h5-8,10-13,17-18,28-29,33H,2-4,9H2,1H3/b15-12+,28-11?. The minimum Gasteiger partial charge on any atom is -0.393 e. The molecule has 0 saturated heterocycles. The second kappa shape index (κ2) is 9.38. The second-order valence-corrected chi connectivity index (χ2v) is 8.29. The van der Waals surface area contributed by atoms with Gasteiger partial charge in [0.1, 0.15) is 11.2 Å². The number of nitrogens with zero attached hydrogens (tertiary/aromatic N) is 3. The van der Waals surface area contributed by atoms with Crippen LogP contribution in [-0.2, 0) is 6.18 Å². The first kappa shape index (κ1) is 23.6. The van der Waals surface area contributed by atoms with E-state index < -0.39 is 17.8 Å². The highest BCUT2D eigenvalue weighted by molar-refractivity contribution is 6.12. The maximum Gasteiger partial charge on any atom is 0.416 e. The SMILES string of the molecule is CN/C=C(\C=N)c1nc(-c2ccc(C(F)(F)F)cc2)cc2c(=O)n(C3CCCC(O)C3)cnc12. The summed E-state index contributed by atoms with van der Waals surface area (Å²) in [5.41, 5.74) is 0.497. The van der Waals surface area contributed by atoms with Gasteiger partial charge in [-0.1, -0.05) is 12.1 Å². The minimum absolute atomic E-state index is 0.200. The van der Waals surface area contributed by atoms with Gasteiger partial charge in [-0.25, -0.2) is 9.97 Å². The molecule has 2 heterocycles. The number of aromatic nitrogens is 3. The number of fused-ring (bicyclic) bond motifs is 1. The van der Waals surface area contributed by atoms with E-state index in [2.05, 4.69) is 15.3 Å². The molecule has 1 fully saturated rings. The average molecular weight is 471 g/mol. The fourth-order valence-electron chi connectivity index (χ4n) is 4.31. The van der Waals surface area contributed by atoms with Crippen LogP contribution < -0.4 is 10.9 Å². The Morgan fingerprint density at radius 2 is 2.00 bits per heavy atom. The molecule has 4 rings (SSSR count). The monoisotopic (exact) mass is 471 g/mol. The Morgan fingerprint density at radius 1 is 1.26 bits per heavy atom. The van der Waals surface area contributed by atoms with Crippen LogP contribution in [0.2, 0.25) is 0 Å². The van der Waals surface area contributed by atoms with Crippen LogP contribution in [0.5, 0.6) is 0 Å². The molecule has 2 aromatic heterocycles. The molecule has 7 nitrogen and oxygen atoms in total. The molecule has 3 N–H and O–H groups in total. The molecule has 0 spiro atoms. The summed E-state index contributed by atoms with van der Waals surface area (Å²) >= 11 is 0. The van der Waals surface area contributed by atoms with E-state index in [9.17, 15) is 23.1 Å². The number of benzene rings is 1. The number of alkyl halides is 3. The third kappa shape index (κ3) is 4.58. The molecule has 2 atom stereocenters. The summed E-state index contributed by atoms with van der Waals surface area (Å²) in [5, 5.41) is 20.9. The Labute approximate surface area is 193 Å². The zero-order chi connectivity index (χ0) is 24.5. The molecule has 178 valence electrons. The van der Waals surface area contributed by atoms with E-state index in [0.717, 1.165) is 31.2 Å². The van der Waals surface area contributed by atoms with Crippen LogP contribution in [0.15, 0.2) is 47.7 Å². The third-order valence-corrected chi connectivity index (χ3v) is 6.02. The zero-order valence-electron chi connectivity index (χ0n) is 18.4. The van der Waals surface area contributed by atoms with E-state index in [1.165, 1.54) is 35.3 Å². The molecule has 3 aromatic rings. The molecule has 1 aliphatic rings. The van der Waals surface area contributed by atoms with Gasteiger partial charge < -0.3 is 15.8 Å². The van der Waals surface area contributed by atoms with Crippen molar-refractivity contribution in [2.24, 2.45) is 0 Å². The van der Waals surface area contributed by atoms with Crippen molar-refractivity contribution in [1.82, 2.24) is 19.9 Å². The van der Waals surface area contributed by atoms with Crippen LogP contribution in [-0.4, -0.2) is 39.0 Å². The number of allylic oxidation sites excluding steroid dienone is 1. The number of halogens is 3. The number of pyridine rings is 1. The normalized spacial score (nSPS) is 19.3. The van der Waals surface area contributed by atoms with Gasteiger partial charge in [-0.2, -0.15) is 13.2 Å². The summed E-state index contributed by atoms with van der Waals surface area (Å²) in [7, 11) is 1.65. The van der Waals surface area contributed by atoms with Gasteiger partial charge in [0.15, 0.2) is 0 Å². The number of nitrogens with one attached hydrogen (secondary N) is 2. The highest BCUT2D eigenvalue weighted by Gasteiger charge is 2.30. The van der Waals surface area contributed by atoms with Crippen molar-refractivity contribution in [3.8, 4) is 11.3 Å². The van der Waals surface area contributed by atoms with E-state index in [0.29, 0.717) is 35.2 Å². The highest BCUT2D eigenvalue weighted by atomic mass is 19.4. The Morgan fingerprint density at radius 3 is 2.62 bits per heavy atom. The Kier molecular flexibility index (Phi) is 6.52. The maximum atomic E-state index is 13.5. The van der Waals surface area contributed by atoms with Crippen LogP contribution >= 0.6 is 0 Å². The predicted octanol–water partition coefficient (Wildman–Crippen LogP) is 4.16. The maximum absolute atomic E-state index is 13.5. The average Bonchev–Trinajstić information content (AvgIpc) is 2.82. The third-order valence-electron chi connectivity index (χ3n) is 6.02. The quantitative estimate of drug-likeness (QED) is 0.485. The van der Waals surface area contributed by atoms with Gasteiger partial charge in [0.2, 0.25) is 0 Å². The Bertz CT molecular complexity index is 1300. The van der Waals surface area contributed by atoms with E-state index in [4.69, 9.17) is 5.41 Å². The molecular weight excluding hydrogens is 447 g/mol. The van der Waals surface area contributed by atoms with Crippen LogP contribution in [0.25, 0.3) is 27.7 Å². The largest absolute Gasteiger partial charge is 0.416 e. The van der Waals surface area contributed by atoms with Gasteiger partial charge in [-0.05, 0) is 43.9 Å². The lowest BCUT2D eigenvalue weighted by atomic mass is 9.93. The van der Waals surface area contributed by atoms with E-state index >= 15 is 0 Å². The van der Waals surface area contributed by atoms with Crippen molar-refractivity contribution in [3.63, 3.8) is 0 Å². The molecule has 10 heteroatoms. The first-order valence-electron chi connectivity index (χ1n) is 10.9. The summed E-state index contributed by atoms with van der Waals surface area (Å²) in [6, 6.07) is 5.86. The zero-order valence-corrected chi connectivity index (χ0v) is 18.4. The van der Waals surface area contributed by atoms with Gasteiger partial charge in [-0.3, -0.25) is 9.36 Å². The van der Waals surface area contributed by atoms with Gasteiger partial charge in [0.05, 0.1) is 29.1 Å². The van der Waals surface area contributed by atoms with Gasteiger partial charge in [-0.15, -0.1) is 0 Å². The van der Waals surface area contributed by atoms with Crippen molar-refractivity contribution in [1.29, 1.82) is 5.41 Å². The summed E-state index contributed by atoms with van der Waals surface area (Å²) in [6.45, 7) is 0. The molecule has 34 heavy (non-hydrogen) atoms. The van der Waals surface area contributed by atoms with Crippen LogP contribution in [0, 0.1) is 5.41 Å². The first-order valence-corrected chi connectivity index (χ1v) is 10.9. The van der Waals surface area contributed by atoms with Crippen molar-refractivity contribution in [2.75, 3.05) is 7.05 Å². The van der Waals surface area contributed by atoms with E-state index in [1.807, 2.05) is 0 Å². The highest BCUT2D eigenvalue weighted by Crippen LogP contribution is 2.32. The van der Waals surface area contributed by atoms with Crippen LogP contribution in [0.1, 0.15) is 43.0 Å². The molecule has 0 bridgehead atoms. The topological polar surface area (TPSA) is 104 Å². The number of rotatable bonds is 5. The van der Waals surface area contributed by atoms with Crippen LogP contribution in [0.3, 0.4) is 0 Å². The molecule has 0 aliphatic heterocycles. The smallest absolute Gasteiger partial charge is 0.393 e. The van der Waals surface area contributed by atoms with Crippen molar-refractivity contribution in [3.05, 3.63) is 64.5 Å². The summed E-state index contributed by atoms with van der Waals surface area (Å²) in [6.07, 6.45) is 1.76. The lowest BCUT2D eigenvalue weighted by molar-refractivity contribution is -0.137. The first-order chi connectivity index (χ1) is 16.2. The van der Waals surface area contributed by atoms with Gasteiger partial charge in [0, 0.05) is 36.6 Å².